The van der Waals surface area contributed by atoms with E-state index in [2.05, 4.69) is 24.3 Å². The van der Waals surface area contributed by atoms with E-state index < -0.39 is 5.97 Å². The molecule has 1 aliphatic rings. The van der Waals surface area contributed by atoms with E-state index in [1.807, 2.05) is 6.92 Å². The van der Waals surface area contributed by atoms with Gasteiger partial charge in [0.05, 0.1) is 0 Å². The molecular weight excluding hydrogens is 204 g/mol. The van der Waals surface area contributed by atoms with Crippen molar-refractivity contribution >= 4 is 5.97 Å². The van der Waals surface area contributed by atoms with E-state index in [4.69, 9.17) is 5.11 Å². The first kappa shape index (κ1) is 13.2. The first-order valence-electron chi connectivity index (χ1n) is 5.92. The number of carboxylic acids is 1. The molecule has 0 spiro atoms. The third-order valence-corrected chi connectivity index (χ3v) is 3.10. The molecule has 16 heavy (non-hydrogen) atoms. The van der Waals surface area contributed by atoms with E-state index in [0.717, 1.165) is 5.57 Å². The lowest BCUT2D eigenvalue weighted by Gasteiger charge is -2.39. The number of hydrogen-bond acceptors (Lipinski definition) is 3. The van der Waals surface area contributed by atoms with Crippen LogP contribution in [0.4, 0.5) is 0 Å². The molecule has 0 aromatic heterocycles. The van der Waals surface area contributed by atoms with E-state index in [1.165, 1.54) is 25.3 Å². The van der Waals surface area contributed by atoms with Crippen molar-refractivity contribution in [3.8, 4) is 0 Å². The van der Waals surface area contributed by atoms with Gasteiger partial charge in [-0.05, 0) is 33.6 Å². The van der Waals surface area contributed by atoms with Gasteiger partial charge in [0, 0.05) is 24.7 Å². The zero-order valence-electron chi connectivity index (χ0n) is 10.4. The molecule has 0 aromatic rings. The minimum Gasteiger partial charge on any atom is -0.478 e. The summed E-state index contributed by atoms with van der Waals surface area (Å²) in [4.78, 5) is 10.5. The summed E-state index contributed by atoms with van der Waals surface area (Å²) < 4.78 is 0. The molecule has 1 heterocycles. The lowest BCUT2D eigenvalue weighted by molar-refractivity contribution is -0.131. The predicted octanol–water partition coefficient (Wildman–Crippen LogP) is 1.78. The number of aliphatic carboxylic acids is 1. The van der Waals surface area contributed by atoms with Crippen LogP contribution in [-0.4, -0.2) is 34.7 Å². The molecule has 4 nitrogen and oxygen atoms in total. The summed E-state index contributed by atoms with van der Waals surface area (Å²) >= 11 is 0. The molecule has 2 atom stereocenters. The smallest absolute Gasteiger partial charge is 0.328 e. The average molecular weight is 226 g/mol. The second-order valence-electron chi connectivity index (χ2n) is 4.70. The van der Waals surface area contributed by atoms with Gasteiger partial charge in [-0.2, -0.15) is 0 Å². The molecule has 2 N–H and O–H groups in total. The lowest BCUT2D eigenvalue weighted by Crippen LogP contribution is -2.52. The van der Waals surface area contributed by atoms with Crippen LogP contribution in [0.25, 0.3) is 0 Å². The van der Waals surface area contributed by atoms with Crippen molar-refractivity contribution in [1.82, 2.24) is 10.4 Å². The maximum Gasteiger partial charge on any atom is 0.328 e. The van der Waals surface area contributed by atoms with Gasteiger partial charge in [-0.25, -0.2) is 9.80 Å². The second kappa shape index (κ2) is 6.01. The molecule has 0 radical (unpaired) electrons. The summed E-state index contributed by atoms with van der Waals surface area (Å²) in [6.07, 6.45) is 4.95. The monoisotopic (exact) mass is 226 g/mol. The molecule has 0 saturated carbocycles. The van der Waals surface area contributed by atoms with E-state index in [-0.39, 0.29) is 0 Å². The highest BCUT2D eigenvalue weighted by atomic mass is 16.4. The topological polar surface area (TPSA) is 52.6 Å². The Balaban J connectivity index is 2.44. The van der Waals surface area contributed by atoms with Gasteiger partial charge in [-0.3, -0.25) is 5.43 Å². The van der Waals surface area contributed by atoms with Crippen LogP contribution in [0.15, 0.2) is 11.6 Å². The Bertz CT molecular complexity index is 266. The lowest BCUT2D eigenvalue weighted by atomic mass is 10.00. The Morgan fingerprint density at radius 3 is 2.50 bits per heavy atom. The molecule has 0 aromatic carbocycles. The summed E-state index contributed by atoms with van der Waals surface area (Å²) in [7, 11) is 0. The average Bonchev–Trinajstić information content (AvgIpc) is 2.15. The maximum absolute atomic E-state index is 10.5. The normalized spacial score (nSPS) is 28.1. The van der Waals surface area contributed by atoms with Crippen molar-refractivity contribution in [2.24, 2.45) is 0 Å². The van der Waals surface area contributed by atoms with Gasteiger partial charge in [-0.15, -0.1) is 0 Å². The molecule has 92 valence electrons. The van der Waals surface area contributed by atoms with Crippen LogP contribution in [0.3, 0.4) is 0 Å². The van der Waals surface area contributed by atoms with Crippen LogP contribution >= 0.6 is 0 Å². The number of nitrogens with zero attached hydrogens (tertiary/aromatic N) is 1. The number of rotatable bonds is 4. The van der Waals surface area contributed by atoms with E-state index >= 15 is 0 Å². The van der Waals surface area contributed by atoms with Crippen molar-refractivity contribution in [3.05, 3.63) is 11.6 Å². The van der Waals surface area contributed by atoms with E-state index in [1.54, 1.807) is 0 Å². The fourth-order valence-electron chi connectivity index (χ4n) is 2.21. The first-order chi connectivity index (χ1) is 7.50. The largest absolute Gasteiger partial charge is 0.478 e. The summed E-state index contributed by atoms with van der Waals surface area (Å²) in [6, 6.07) is 1.06. The fraction of sp³-hybridized carbons (Fsp3) is 0.750. The van der Waals surface area contributed by atoms with Crippen molar-refractivity contribution < 1.29 is 9.90 Å². The van der Waals surface area contributed by atoms with Gasteiger partial charge in [0.1, 0.15) is 0 Å². The van der Waals surface area contributed by atoms with Gasteiger partial charge in [-0.1, -0.05) is 12.0 Å². The highest BCUT2D eigenvalue weighted by Crippen LogP contribution is 2.20. The zero-order valence-corrected chi connectivity index (χ0v) is 10.4. The van der Waals surface area contributed by atoms with Gasteiger partial charge in [0.25, 0.3) is 0 Å². The number of piperidine rings is 1. The predicted molar refractivity (Wildman–Crippen MR) is 64.0 cm³/mol. The van der Waals surface area contributed by atoms with Crippen molar-refractivity contribution in [2.75, 3.05) is 6.54 Å². The van der Waals surface area contributed by atoms with Gasteiger partial charge in [0.15, 0.2) is 0 Å². The van der Waals surface area contributed by atoms with Crippen LogP contribution < -0.4 is 5.43 Å². The minimum absolute atomic E-state index is 0.529. The van der Waals surface area contributed by atoms with Gasteiger partial charge >= 0.3 is 5.97 Å². The summed E-state index contributed by atoms with van der Waals surface area (Å²) in [5.41, 5.74) is 4.17. The number of hydrazine groups is 1. The van der Waals surface area contributed by atoms with Crippen LogP contribution in [0.5, 0.6) is 0 Å². The van der Waals surface area contributed by atoms with Gasteiger partial charge in [0.2, 0.25) is 0 Å². The van der Waals surface area contributed by atoms with E-state index in [9.17, 15) is 4.79 Å². The molecule has 1 fully saturated rings. The van der Waals surface area contributed by atoms with Crippen LogP contribution in [0, 0.1) is 0 Å². The Labute approximate surface area is 97.3 Å². The molecule has 0 aliphatic carbocycles. The standard InChI is InChI=1S/C12H22N2O2/c1-9(7-12(15)16)8-13-14-10(2)5-4-6-11(14)3/h7,10-11,13H,4-6,8H2,1-3H3,(H,15,16). The highest BCUT2D eigenvalue weighted by Gasteiger charge is 2.23. The molecule has 0 amide bonds. The quantitative estimate of drug-likeness (QED) is 0.718. The number of carbonyl (C=O) groups is 1. The molecule has 2 unspecified atom stereocenters. The number of carboxylic acid groups (broad SMARTS) is 1. The number of nitrogens with one attached hydrogen (secondary N) is 1. The second-order valence-corrected chi connectivity index (χ2v) is 4.70. The SMILES string of the molecule is CC(=CC(=O)O)CNN1C(C)CCCC1C. The fourth-order valence-corrected chi connectivity index (χ4v) is 2.21. The third kappa shape index (κ3) is 3.94. The molecule has 0 bridgehead atoms. The Morgan fingerprint density at radius 2 is 2.00 bits per heavy atom. The molecule has 1 saturated heterocycles. The summed E-state index contributed by atoms with van der Waals surface area (Å²) in [6.45, 7) is 6.86. The van der Waals surface area contributed by atoms with Crippen LogP contribution in [0.1, 0.15) is 40.0 Å². The Kier molecular flexibility index (Phi) is 4.96. The van der Waals surface area contributed by atoms with Crippen molar-refractivity contribution in [1.29, 1.82) is 0 Å². The zero-order chi connectivity index (χ0) is 12.1. The molecular formula is C12H22N2O2. The molecule has 1 rings (SSSR count). The van der Waals surface area contributed by atoms with Crippen LogP contribution in [0.2, 0.25) is 0 Å². The molecule has 1 aliphatic heterocycles. The summed E-state index contributed by atoms with van der Waals surface area (Å²) in [5, 5.41) is 10.9. The van der Waals surface area contributed by atoms with Crippen molar-refractivity contribution in [3.63, 3.8) is 0 Å². The van der Waals surface area contributed by atoms with E-state index in [0.29, 0.717) is 18.6 Å². The van der Waals surface area contributed by atoms with Crippen molar-refractivity contribution in [2.45, 2.75) is 52.1 Å². The summed E-state index contributed by atoms with van der Waals surface area (Å²) in [5.74, 6) is -0.876. The minimum atomic E-state index is -0.876. The third-order valence-electron chi connectivity index (χ3n) is 3.10. The number of hydrogen-bond donors (Lipinski definition) is 2. The van der Waals surface area contributed by atoms with Crippen LogP contribution in [-0.2, 0) is 4.79 Å². The maximum atomic E-state index is 10.5. The highest BCUT2D eigenvalue weighted by molar-refractivity contribution is 5.80. The Morgan fingerprint density at radius 1 is 1.44 bits per heavy atom. The van der Waals surface area contributed by atoms with Gasteiger partial charge < -0.3 is 5.11 Å². The first-order valence-corrected chi connectivity index (χ1v) is 5.92. The molecule has 4 heteroatoms. The Hall–Kier alpha value is -0.870.